The molecule has 0 bridgehead atoms. The first-order valence-corrected chi connectivity index (χ1v) is 11.9. The second-order valence-electron chi connectivity index (χ2n) is 9.54. The van der Waals surface area contributed by atoms with Gasteiger partial charge in [-0.05, 0) is 92.3 Å². The van der Waals surface area contributed by atoms with Crippen molar-refractivity contribution in [1.82, 2.24) is 14.9 Å². The fourth-order valence-electron chi connectivity index (χ4n) is 4.61. The third kappa shape index (κ3) is 4.18. The average molecular weight is 490 g/mol. The van der Waals surface area contributed by atoms with E-state index in [1.54, 1.807) is 39.2 Å². The zero-order valence-electron chi connectivity index (χ0n) is 20.7. The van der Waals surface area contributed by atoms with Crippen LogP contribution in [0.15, 0.2) is 47.4 Å². The van der Waals surface area contributed by atoms with Crippen molar-refractivity contribution in [3.8, 4) is 22.6 Å². The Morgan fingerprint density at radius 1 is 1.17 bits per heavy atom. The molecule has 2 heterocycles. The number of H-pyrrole nitrogens is 1. The van der Waals surface area contributed by atoms with Crippen molar-refractivity contribution in [1.29, 1.82) is 0 Å². The number of hydrogen-bond donors (Lipinski definition) is 3. The van der Waals surface area contributed by atoms with Crippen molar-refractivity contribution < 1.29 is 19.0 Å². The third-order valence-electron chi connectivity index (χ3n) is 6.67. The van der Waals surface area contributed by atoms with Crippen LogP contribution >= 0.6 is 0 Å². The van der Waals surface area contributed by atoms with Gasteiger partial charge in [-0.25, -0.2) is 4.39 Å². The predicted molar refractivity (Wildman–Crippen MR) is 136 cm³/mol. The summed E-state index contributed by atoms with van der Waals surface area (Å²) < 4.78 is 21.5. The van der Waals surface area contributed by atoms with Crippen LogP contribution in [0.5, 0.6) is 11.5 Å². The van der Waals surface area contributed by atoms with E-state index >= 15 is 0 Å². The smallest absolute Gasteiger partial charge is 0.274 e. The van der Waals surface area contributed by atoms with E-state index in [0.29, 0.717) is 69.7 Å². The summed E-state index contributed by atoms with van der Waals surface area (Å²) in [6, 6.07) is 10.0. The van der Waals surface area contributed by atoms with Gasteiger partial charge < -0.3 is 24.7 Å². The van der Waals surface area contributed by atoms with Crippen LogP contribution in [0, 0.1) is 19.7 Å². The molecule has 0 aliphatic heterocycles. The minimum Gasteiger partial charge on any atom is -0.457 e. The average Bonchev–Trinajstić information content (AvgIpc) is 3.42. The molecule has 5 rings (SSSR count). The minimum atomic E-state index is -0.939. The molecule has 4 aromatic rings. The Hall–Kier alpha value is -3.91. The number of hydrogen-bond acceptors (Lipinski definition) is 4. The largest absolute Gasteiger partial charge is 0.457 e. The zero-order chi connectivity index (χ0) is 25.8. The first-order chi connectivity index (χ1) is 17.1. The highest BCUT2D eigenvalue weighted by atomic mass is 19.1. The van der Waals surface area contributed by atoms with Crippen molar-refractivity contribution in [3.63, 3.8) is 0 Å². The van der Waals surface area contributed by atoms with Gasteiger partial charge in [0.05, 0.1) is 5.60 Å². The van der Waals surface area contributed by atoms with E-state index < -0.39 is 5.60 Å². The molecule has 0 unspecified atom stereocenters. The highest BCUT2D eigenvalue weighted by Crippen LogP contribution is 2.48. The predicted octanol–water partition coefficient (Wildman–Crippen LogP) is 4.81. The molecule has 2 aromatic carbocycles. The third-order valence-corrected chi connectivity index (χ3v) is 6.67. The molecule has 36 heavy (non-hydrogen) atoms. The maximum Gasteiger partial charge on any atom is 0.274 e. The Kier molecular flexibility index (Phi) is 5.71. The van der Waals surface area contributed by atoms with E-state index in [9.17, 15) is 19.1 Å². The van der Waals surface area contributed by atoms with Gasteiger partial charge >= 0.3 is 0 Å². The Morgan fingerprint density at radius 3 is 2.50 bits per heavy atom. The van der Waals surface area contributed by atoms with E-state index in [-0.39, 0.29) is 17.3 Å². The van der Waals surface area contributed by atoms with Crippen LogP contribution in [0.2, 0.25) is 0 Å². The van der Waals surface area contributed by atoms with Crippen molar-refractivity contribution in [2.24, 2.45) is 7.05 Å². The standard InChI is InChI=1S/C28H28FN3O4/c1-5-30-26(33)23-13-21-22(14-32(4)27(34)24(21)31-23)17-10-18(28(35)6-7-28)12-20(11-17)36-25-15(2)8-19(29)9-16(25)3/h8-14,31,35H,5-7H2,1-4H3,(H,30,33). The number of aryl methyl sites for hydroxylation is 3. The van der Waals surface area contributed by atoms with Gasteiger partial charge in [0.1, 0.15) is 28.5 Å². The van der Waals surface area contributed by atoms with Gasteiger partial charge in [0.25, 0.3) is 11.5 Å². The van der Waals surface area contributed by atoms with Crippen molar-refractivity contribution in [2.75, 3.05) is 6.54 Å². The summed E-state index contributed by atoms with van der Waals surface area (Å²) in [6.07, 6.45) is 2.99. The number of benzene rings is 2. The summed E-state index contributed by atoms with van der Waals surface area (Å²) in [6.45, 7) is 5.85. The number of nitrogens with one attached hydrogen (secondary N) is 2. The van der Waals surface area contributed by atoms with E-state index in [1.807, 2.05) is 19.1 Å². The fraction of sp³-hybridized carbons (Fsp3) is 0.286. The number of pyridine rings is 1. The number of ether oxygens (including phenoxy) is 1. The number of amides is 1. The summed E-state index contributed by atoms with van der Waals surface area (Å²) >= 11 is 0. The Balaban J connectivity index is 1.69. The SMILES string of the molecule is CCNC(=O)c1cc2c(-c3cc(Oc4c(C)cc(F)cc4C)cc(C4(O)CC4)c3)cn(C)c(=O)c2[nH]1. The normalized spacial score (nSPS) is 14.2. The number of aliphatic hydroxyl groups is 1. The zero-order valence-corrected chi connectivity index (χ0v) is 20.7. The lowest BCUT2D eigenvalue weighted by Crippen LogP contribution is -2.23. The van der Waals surface area contributed by atoms with Gasteiger partial charge in [-0.15, -0.1) is 0 Å². The molecule has 1 fully saturated rings. The summed E-state index contributed by atoms with van der Waals surface area (Å²) in [5.74, 6) is 0.409. The number of carbonyl (C=O) groups excluding carboxylic acids is 1. The van der Waals surface area contributed by atoms with Gasteiger partial charge in [-0.1, -0.05) is 0 Å². The van der Waals surface area contributed by atoms with Crippen molar-refractivity contribution >= 4 is 16.8 Å². The molecule has 0 atom stereocenters. The maximum absolute atomic E-state index is 13.8. The van der Waals surface area contributed by atoms with Gasteiger partial charge in [0.15, 0.2) is 0 Å². The first-order valence-electron chi connectivity index (χ1n) is 11.9. The molecule has 1 aliphatic carbocycles. The van der Waals surface area contributed by atoms with E-state index in [1.165, 1.54) is 16.7 Å². The van der Waals surface area contributed by atoms with Crippen LogP contribution < -0.4 is 15.6 Å². The summed E-state index contributed by atoms with van der Waals surface area (Å²) in [4.78, 5) is 28.3. The van der Waals surface area contributed by atoms with Crippen molar-refractivity contribution in [3.05, 3.63) is 81.2 Å². The topological polar surface area (TPSA) is 96.3 Å². The lowest BCUT2D eigenvalue weighted by atomic mass is 9.97. The van der Waals surface area contributed by atoms with Crippen LogP contribution in [0.25, 0.3) is 22.0 Å². The van der Waals surface area contributed by atoms with Crippen LogP contribution in [0.3, 0.4) is 0 Å². The number of aromatic nitrogens is 2. The number of carbonyl (C=O) groups is 1. The molecule has 8 heteroatoms. The van der Waals surface area contributed by atoms with Crippen molar-refractivity contribution in [2.45, 2.75) is 39.2 Å². The number of nitrogens with zero attached hydrogens (tertiary/aromatic N) is 1. The second-order valence-corrected chi connectivity index (χ2v) is 9.54. The molecule has 0 radical (unpaired) electrons. The molecule has 1 aliphatic rings. The number of halogens is 1. The minimum absolute atomic E-state index is 0.254. The van der Waals surface area contributed by atoms with Crippen LogP contribution in [0.1, 0.15) is 46.9 Å². The number of fused-ring (bicyclic) bond motifs is 1. The van der Waals surface area contributed by atoms with E-state index in [4.69, 9.17) is 4.74 Å². The molecule has 0 saturated heterocycles. The molecule has 0 spiro atoms. The highest BCUT2D eigenvalue weighted by Gasteiger charge is 2.42. The molecule has 1 amide bonds. The first kappa shape index (κ1) is 23.8. The Morgan fingerprint density at radius 2 is 1.86 bits per heavy atom. The lowest BCUT2D eigenvalue weighted by molar-refractivity contribution is 0.0951. The molecule has 186 valence electrons. The van der Waals surface area contributed by atoms with Crippen LogP contribution in [-0.4, -0.2) is 27.1 Å². The van der Waals surface area contributed by atoms with Crippen LogP contribution in [0.4, 0.5) is 4.39 Å². The van der Waals surface area contributed by atoms with Crippen LogP contribution in [-0.2, 0) is 12.6 Å². The maximum atomic E-state index is 13.8. The van der Waals surface area contributed by atoms with Gasteiger partial charge in [0, 0.05) is 30.7 Å². The Bertz CT molecular complexity index is 1560. The molecule has 7 nitrogen and oxygen atoms in total. The van der Waals surface area contributed by atoms with Gasteiger partial charge in [0.2, 0.25) is 0 Å². The molecule has 2 aromatic heterocycles. The summed E-state index contributed by atoms with van der Waals surface area (Å²) in [5, 5.41) is 14.3. The molecule has 1 saturated carbocycles. The fourth-order valence-corrected chi connectivity index (χ4v) is 4.61. The monoisotopic (exact) mass is 489 g/mol. The lowest BCUT2D eigenvalue weighted by Gasteiger charge is -2.17. The van der Waals surface area contributed by atoms with Gasteiger partial charge in [-0.3, -0.25) is 9.59 Å². The quantitative estimate of drug-likeness (QED) is 0.362. The highest BCUT2D eigenvalue weighted by molar-refractivity contribution is 6.02. The summed E-state index contributed by atoms with van der Waals surface area (Å²) in [5.41, 5.74) is 2.87. The number of aromatic amines is 1. The summed E-state index contributed by atoms with van der Waals surface area (Å²) in [7, 11) is 1.65. The Labute approximate surface area is 207 Å². The molecular weight excluding hydrogens is 461 g/mol. The van der Waals surface area contributed by atoms with Gasteiger partial charge in [-0.2, -0.15) is 0 Å². The number of rotatable bonds is 6. The van der Waals surface area contributed by atoms with E-state index in [0.717, 1.165) is 5.56 Å². The molecular formula is C28H28FN3O4. The second kappa shape index (κ2) is 8.64. The molecule has 3 N–H and O–H groups in total. The van der Waals surface area contributed by atoms with E-state index in [2.05, 4.69) is 10.3 Å².